The summed E-state index contributed by atoms with van der Waals surface area (Å²) in [6, 6.07) is 12.9. The monoisotopic (exact) mass is 266 g/mol. The molecule has 88 valence electrons. The third-order valence-corrected chi connectivity index (χ3v) is 3.75. The van der Waals surface area contributed by atoms with Gasteiger partial charge in [0.15, 0.2) is 0 Å². The highest BCUT2D eigenvalue weighted by Gasteiger charge is 2.04. The first-order valence-corrected chi connectivity index (χ1v) is 6.60. The van der Waals surface area contributed by atoms with Gasteiger partial charge in [-0.05, 0) is 42.3 Å². The van der Waals surface area contributed by atoms with Crippen molar-refractivity contribution in [2.75, 3.05) is 0 Å². The van der Waals surface area contributed by atoms with Crippen LogP contribution in [-0.2, 0) is 6.42 Å². The number of rotatable bonds is 3. The van der Waals surface area contributed by atoms with Gasteiger partial charge in [0.1, 0.15) is 5.82 Å². The van der Waals surface area contributed by atoms with E-state index in [-0.39, 0.29) is 5.82 Å². The lowest BCUT2D eigenvalue weighted by molar-refractivity contribution is 0.602. The summed E-state index contributed by atoms with van der Waals surface area (Å²) in [5.41, 5.74) is 1.28. The Morgan fingerprint density at radius 2 is 1.82 bits per heavy atom. The van der Waals surface area contributed by atoms with Crippen LogP contribution in [-0.4, -0.2) is 0 Å². The Morgan fingerprint density at radius 1 is 1.12 bits per heavy atom. The van der Waals surface area contributed by atoms with E-state index in [2.05, 4.69) is 19.1 Å². The molecule has 0 unspecified atom stereocenters. The van der Waals surface area contributed by atoms with Crippen molar-refractivity contribution in [1.82, 2.24) is 0 Å². The minimum Gasteiger partial charge on any atom is -0.206 e. The van der Waals surface area contributed by atoms with Gasteiger partial charge in [-0.3, -0.25) is 0 Å². The summed E-state index contributed by atoms with van der Waals surface area (Å²) < 4.78 is 13.6. The largest absolute Gasteiger partial charge is 0.206 e. The maximum absolute atomic E-state index is 13.6. The van der Waals surface area contributed by atoms with Crippen molar-refractivity contribution in [1.29, 1.82) is 0 Å². The van der Waals surface area contributed by atoms with Gasteiger partial charge in [-0.15, -0.1) is 0 Å². The third kappa shape index (κ3) is 3.24. The summed E-state index contributed by atoms with van der Waals surface area (Å²) in [6.07, 6.45) is 1.01. The third-order valence-electron chi connectivity index (χ3n) is 2.45. The molecule has 0 aliphatic rings. The van der Waals surface area contributed by atoms with Gasteiger partial charge >= 0.3 is 0 Å². The number of hydrogen-bond donors (Lipinski definition) is 0. The number of benzene rings is 2. The van der Waals surface area contributed by atoms with E-state index in [4.69, 9.17) is 11.6 Å². The maximum atomic E-state index is 13.6. The van der Waals surface area contributed by atoms with Crippen LogP contribution >= 0.6 is 23.4 Å². The summed E-state index contributed by atoms with van der Waals surface area (Å²) in [6.45, 7) is 2.11. The minimum absolute atomic E-state index is 0.276. The highest BCUT2D eigenvalue weighted by atomic mass is 35.5. The van der Waals surface area contributed by atoms with Gasteiger partial charge in [-0.1, -0.05) is 42.4 Å². The van der Waals surface area contributed by atoms with Gasteiger partial charge in [-0.25, -0.2) is 4.39 Å². The fourth-order valence-corrected chi connectivity index (χ4v) is 2.46. The van der Waals surface area contributed by atoms with Crippen LogP contribution in [0.4, 0.5) is 4.39 Å². The van der Waals surface area contributed by atoms with E-state index in [1.165, 1.54) is 23.4 Å². The molecule has 0 aliphatic heterocycles. The van der Waals surface area contributed by atoms with E-state index in [1.807, 2.05) is 12.1 Å². The first-order valence-electron chi connectivity index (χ1n) is 5.41. The quantitative estimate of drug-likeness (QED) is 0.736. The zero-order chi connectivity index (χ0) is 12.3. The van der Waals surface area contributed by atoms with Crippen molar-refractivity contribution in [3.05, 3.63) is 58.9 Å². The molecule has 0 fully saturated rings. The van der Waals surface area contributed by atoms with Gasteiger partial charge < -0.3 is 0 Å². The molecule has 0 heterocycles. The summed E-state index contributed by atoms with van der Waals surface area (Å²) in [7, 11) is 0. The van der Waals surface area contributed by atoms with Crippen LogP contribution < -0.4 is 0 Å². The van der Waals surface area contributed by atoms with E-state index >= 15 is 0 Å². The summed E-state index contributed by atoms with van der Waals surface area (Å²) in [4.78, 5) is 1.63. The van der Waals surface area contributed by atoms with Crippen LogP contribution in [0.5, 0.6) is 0 Å². The highest BCUT2D eigenvalue weighted by molar-refractivity contribution is 7.99. The van der Waals surface area contributed by atoms with Gasteiger partial charge in [0.25, 0.3) is 0 Å². The van der Waals surface area contributed by atoms with Crippen LogP contribution in [0.2, 0.25) is 5.02 Å². The smallest absolute Gasteiger partial charge is 0.138 e. The molecule has 0 aliphatic carbocycles. The number of hydrogen-bond acceptors (Lipinski definition) is 1. The van der Waals surface area contributed by atoms with Crippen LogP contribution in [0.15, 0.2) is 52.3 Å². The number of aryl methyl sites for hydroxylation is 1. The molecular weight excluding hydrogens is 255 g/mol. The molecule has 0 spiro atoms. The van der Waals surface area contributed by atoms with Crippen LogP contribution in [0, 0.1) is 5.82 Å². The van der Waals surface area contributed by atoms with Crippen molar-refractivity contribution in [3.63, 3.8) is 0 Å². The molecule has 0 aromatic heterocycles. The van der Waals surface area contributed by atoms with E-state index in [1.54, 1.807) is 12.1 Å². The molecule has 0 saturated carbocycles. The first kappa shape index (κ1) is 12.5. The van der Waals surface area contributed by atoms with Crippen molar-refractivity contribution in [3.8, 4) is 0 Å². The molecule has 3 heteroatoms. The Kier molecular flexibility index (Phi) is 4.08. The average molecular weight is 267 g/mol. The Labute approximate surface area is 110 Å². The van der Waals surface area contributed by atoms with E-state index in [9.17, 15) is 4.39 Å². The Morgan fingerprint density at radius 3 is 2.41 bits per heavy atom. The Bertz CT molecular complexity index is 508. The molecule has 0 nitrogen and oxygen atoms in total. The molecule has 2 aromatic carbocycles. The predicted molar refractivity (Wildman–Crippen MR) is 71.4 cm³/mol. The standard InChI is InChI=1S/C14H12ClFS/c1-2-10-3-6-12(7-4-10)17-14-8-5-11(15)9-13(14)16/h3-9H,2H2,1H3. The topological polar surface area (TPSA) is 0 Å². The van der Waals surface area contributed by atoms with Crippen LogP contribution in [0.3, 0.4) is 0 Å². The van der Waals surface area contributed by atoms with Crippen molar-refractivity contribution >= 4 is 23.4 Å². The van der Waals surface area contributed by atoms with Crippen molar-refractivity contribution in [2.24, 2.45) is 0 Å². The maximum Gasteiger partial charge on any atom is 0.138 e. The zero-order valence-corrected chi connectivity index (χ0v) is 11.0. The molecule has 17 heavy (non-hydrogen) atoms. The fourth-order valence-electron chi connectivity index (χ4n) is 1.48. The molecule has 0 radical (unpaired) electrons. The molecule has 0 bridgehead atoms. The lowest BCUT2D eigenvalue weighted by Crippen LogP contribution is -1.82. The van der Waals surface area contributed by atoms with Gasteiger partial charge in [0, 0.05) is 14.8 Å². The predicted octanol–water partition coefficient (Wildman–Crippen LogP) is 5.19. The highest BCUT2D eigenvalue weighted by Crippen LogP contribution is 2.31. The van der Waals surface area contributed by atoms with Gasteiger partial charge in [0.2, 0.25) is 0 Å². The summed E-state index contributed by atoms with van der Waals surface area (Å²) in [5.74, 6) is -0.276. The second kappa shape index (κ2) is 5.56. The van der Waals surface area contributed by atoms with Crippen LogP contribution in [0.1, 0.15) is 12.5 Å². The normalized spacial score (nSPS) is 10.5. The average Bonchev–Trinajstić information content (AvgIpc) is 2.34. The second-order valence-corrected chi connectivity index (χ2v) is 5.23. The molecule has 0 amide bonds. The lowest BCUT2D eigenvalue weighted by atomic mass is 10.2. The zero-order valence-electron chi connectivity index (χ0n) is 9.41. The molecule has 0 N–H and O–H groups in total. The van der Waals surface area contributed by atoms with Gasteiger partial charge in [0.05, 0.1) is 0 Å². The molecule has 2 rings (SSSR count). The summed E-state index contributed by atoms with van der Waals surface area (Å²) in [5, 5.41) is 0.424. The van der Waals surface area contributed by atoms with Crippen molar-refractivity contribution in [2.45, 2.75) is 23.1 Å². The van der Waals surface area contributed by atoms with E-state index in [0.717, 1.165) is 11.3 Å². The first-order chi connectivity index (χ1) is 8.19. The number of halogens is 2. The molecule has 0 saturated heterocycles. The Balaban J connectivity index is 2.19. The summed E-state index contributed by atoms with van der Waals surface area (Å²) >= 11 is 7.12. The molecule has 2 aromatic rings. The fraction of sp³-hybridized carbons (Fsp3) is 0.143. The van der Waals surface area contributed by atoms with Crippen LogP contribution in [0.25, 0.3) is 0 Å². The lowest BCUT2D eigenvalue weighted by Gasteiger charge is -2.04. The minimum atomic E-state index is -0.276. The van der Waals surface area contributed by atoms with E-state index in [0.29, 0.717) is 9.92 Å². The SMILES string of the molecule is CCc1ccc(Sc2ccc(Cl)cc2F)cc1. The molecule has 0 atom stereocenters. The molecular formula is C14H12ClFS. The Hall–Kier alpha value is -0.990. The second-order valence-electron chi connectivity index (χ2n) is 3.67. The van der Waals surface area contributed by atoms with Gasteiger partial charge in [-0.2, -0.15) is 0 Å². The van der Waals surface area contributed by atoms with E-state index < -0.39 is 0 Å². The van der Waals surface area contributed by atoms with Crippen molar-refractivity contribution < 1.29 is 4.39 Å².